The largest absolute Gasteiger partial charge is 0.480 e. The van der Waals surface area contributed by atoms with E-state index in [0.717, 1.165) is 31.7 Å². The fourth-order valence-corrected chi connectivity index (χ4v) is 6.30. The van der Waals surface area contributed by atoms with E-state index in [1.165, 1.54) is 37.0 Å². The van der Waals surface area contributed by atoms with Gasteiger partial charge in [0.25, 0.3) is 0 Å². The Kier molecular flexibility index (Phi) is 5.72. The quantitative estimate of drug-likeness (QED) is 0.306. The van der Waals surface area contributed by atoms with Gasteiger partial charge in [-0.05, 0) is 41.0 Å². The van der Waals surface area contributed by atoms with Gasteiger partial charge < -0.3 is 10.0 Å². The Morgan fingerprint density at radius 3 is 2.11 bits per heavy atom. The summed E-state index contributed by atoms with van der Waals surface area (Å²) in [7, 11) is 0. The normalized spacial score (nSPS) is 15.5. The average Bonchev–Trinajstić information content (AvgIpc) is 3.28. The second kappa shape index (κ2) is 9.17. The number of carboxylic acids is 1. The molecule has 1 fully saturated rings. The molecular formula is C30H26N2O2S. The van der Waals surface area contributed by atoms with Crippen molar-refractivity contribution in [2.24, 2.45) is 0 Å². The third-order valence-electron chi connectivity index (χ3n) is 6.97. The fraction of sp³-hybridized carbons (Fsp3) is 0.167. The summed E-state index contributed by atoms with van der Waals surface area (Å²) in [6, 6.07) is 33.0. The number of aliphatic carboxylic acids is 1. The zero-order valence-electron chi connectivity index (χ0n) is 19.3. The van der Waals surface area contributed by atoms with Gasteiger partial charge in [-0.3, -0.25) is 9.69 Å². The summed E-state index contributed by atoms with van der Waals surface area (Å²) in [6.07, 6.45) is 0. The molecule has 174 valence electrons. The van der Waals surface area contributed by atoms with Crippen molar-refractivity contribution in [1.82, 2.24) is 4.90 Å². The number of carbonyl (C=O) groups is 1. The van der Waals surface area contributed by atoms with Gasteiger partial charge in [-0.2, -0.15) is 0 Å². The molecule has 35 heavy (non-hydrogen) atoms. The number of piperazine rings is 1. The van der Waals surface area contributed by atoms with Crippen LogP contribution < -0.4 is 4.90 Å². The van der Waals surface area contributed by atoms with E-state index in [1.54, 1.807) is 0 Å². The number of nitrogens with zero attached hydrogens (tertiary/aromatic N) is 2. The maximum Gasteiger partial charge on any atom is 0.325 e. The highest BCUT2D eigenvalue weighted by Gasteiger charge is 2.30. The third-order valence-corrected chi connectivity index (χ3v) is 8.11. The molecule has 1 unspecified atom stereocenters. The monoisotopic (exact) mass is 478 g/mol. The predicted octanol–water partition coefficient (Wildman–Crippen LogP) is 6.67. The number of rotatable bonds is 5. The molecule has 0 bridgehead atoms. The van der Waals surface area contributed by atoms with Crippen molar-refractivity contribution in [1.29, 1.82) is 0 Å². The van der Waals surface area contributed by atoms with Gasteiger partial charge >= 0.3 is 5.97 Å². The van der Waals surface area contributed by atoms with E-state index in [9.17, 15) is 9.90 Å². The molecule has 2 heterocycles. The Labute approximate surface area is 208 Å². The second-order valence-corrected chi connectivity index (χ2v) is 10.1. The highest BCUT2D eigenvalue weighted by atomic mass is 32.1. The van der Waals surface area contributed by atoms with Crippen LogP contribution in [0.25, 0.3) is 31.3 Å². The molecule has 5 heteroatoms. The van der Waals surface area contributed by atoms with Crippen LogP contribution in [0.2, 0.25) is 0 Å². The smallest absolute Gasteiger partial charge is 0.325 e. The van der Waals surface area contributed by atoms with Crippen LogP contribution in [0, 0.1) is 0 Å². The van der Waals surface area contributed by atoms with E-state index in [4.69, 9.17) is 0 Å². The molecule has 0 aliphatic carbocycles. The van der Waals surface area contributed by atoms with Crippen molar-refractivity contribution in [3.8, 4) is 11.1 Å². The Balaban J connectivity index is 1.17. The van der Waals surface area contributed by atoms with Crippen LogP contribution in [0.1, 0.15) is 11.6 Å². The number of fused-ring (bicyclic) bond motifs is 3. The summed E-state index contributed by atoms with van der Waals surface area (Å²) in [6.45, 7) is 3.06. The minimum atomic E-state index is -0.787. The van der Waals surface area contributed by atoms with E-state index >= 15 is 0 Å². The van der Waals surface area contributed by atoms with Crippen LogP contribution in [-0.4, -0.2) is 42.2 Å². The standard InChI is InChI=1S/C30H26N2O2S/c33-30(34)29(22-6-2-1-3-7-22)32-18-16-31(17-19-32)24-13-10-21(11-14-24)23-12-15-26-25-8-4-5-9-27(25)35-28(26)20-23/h1-15,20,29H,16-19H2,(H,33,34). The predicted molar refractivity (Wildman–Crippen MR) is 145 cm³/mol. The summed E-state index contributed by atoms with van der Waals surface area (Å²) in [4.78, 5) is 16.4. The molecule has 1 aliphatic rings. The van der Waals surface area contributed by atoms with Crippen LogP contribution in [0.3, 0.4) is 0 Å². The molecule has 1 saturated heterocycles. The van der Waals surface area contributed by atoms with Crippen LogP contribution in [0.5, 0.6) is 0 Å². The molecular weight excluding hydrogens is 452 g/mol. The van der Waals surface area contributed by atoms with Crippen LogP contribution >= 0.6 is 11.3 Å². The molecule has 4 nitrogen and oxygen atoms in total. The summed E-state index contributed by atoms with van der Waals surface area (Å²) in [5, 5.41) is 12.5. The minimum Gasteiger partial charge on any atom is -0.480 e. The molecule has 0 amide bonds. The van der Waals surface area contributed by atoms with E-state index in [2.05, 4.69) is 76.5 Å². The maximum atomic E-state index is 12.0. The van der Waals surface area contributed by atoms with Gasteiger partial charge in [-0.15, -0.1) is 11.3 Å². The lowest BCUT2D eigenvalue weighted by Crippen LogP contribution is -2.49. The Hall–Kier alpha value is -3.67. The lowest BCUT2D eigenvalue weighted by Gasteiger charge is -2.39. The van der Waals surface area contributed by atoms with E-state index in [1.807, 2.05) is 41.7 Å². The van der Waals surface area contributed by atoms with Gasteiger partial charge in [0.15, 0.2) is 0 Å². The van der Waals surface area contributed by atoms with Gasteiger partial charge in [-0.1, -0.05) is 72.8 Å². The zero-order valence-corrected chi connectivity index (χ0v) is 20.1. The summed E-state index contributed by atoms with van der Waals surface area (Å²) < 4.78 is 2.64. The van der Waals surface area contributed by atoms with E-state index in [-0.39, 0.29) is 0 Å². The first-order valence-electron chi connectivity index (χ1n) is 12.0. The molecule has 0 radical (unpaired) electrons. The first kappa shape index (κ1) is 21.8. The highest BCUT2D eigenvalue weighted by Crippen LogP contribution is 2.36. The number of thiophene rings is 1. The van der Waals surface area contributed by atoms with Crippen molar-refractivity contribution < 1.29 is 9.90 Å². The topological polar surface area (TPSA) is 43.8 Å². The summed E-state index contributed by atoms with van der Waals surface area (Å²) in [5.74, 6) is -0.787. The number of hydrogen-bond donors (Lipinski definition) is 1. The minimum absolute atomic E-state index is 0.593. The SMILES string of the molecule is O=C(O)C(c1ccccc1)N1CCN(c2ccc(-c3ccc4c(c3)sc3ccccc34)cc2)CC1. The van der Waals surface area contributed by atoms with Crippen molar-refractivity contribution >= 4 is 43.2 Å². The zero-order chi connectivity index (χ0) is 23.8. The molecule has 5 aromatic rings. The van der Waals surface area contributed by atoms with Gasteiger partial charge in [0.2, 0.25) is 0 Å². The second-order valence-electron chi connectivity index (χ2n) is 9.03. The molecule has 1 aromatic heterocycles. The number of hydrogen-bond acceptors (Lipinski definition) is 4. The summed E-state index contributed by atoms with van der Waals surface area (Å²) in [5.41, 5.74) is 4.46. The lowest BCUT2D eigenvalue weighted by molar-refractivity contribution is -0.143. The van der Waals surface area contributed by atoms with Crippen molar-refractivity contribution in [3.05, 3.63) is 103 Å². The van der Waals surface area contributed by atoms with Gasteiger partial charge in [0.05, 0.1) is 0 Å². The Bertz CT molecular complexity index is 1490. The number of carboxylic acid groups (broad SMARTS) is 1. The molecule has 4 aromatic carbocycles. The first-order chi connectivity index (χ1) is 17.2. The van der Waals surface area contributed by atoms with Gasteiger partial charge in [0, 0.05) is 52.0 Å². The third kappa shape index (κ3) is 4.18. The van der Waals surface area contributed by atoms with Crippen molar-refractivity contribution in [3.63, 3.8) is 0 Å². The van der Waals surface area contributed by atoms with Crippen LogP contribution in [0.4, 0.5) is 5.69 Å². The average molecular weight is 479 g/mol. The van der Waals surface area contributed by atoms with Crippen LogP contribution in [-0.2, 0) is 4.79 Å². The van der Waals surface area contributed by atoms with Crippen LogP contribution in [0.15, 0.2) is 97.1 Å². The molecule has 1 atom stereocenters. The fourth-order valence-electron chi connectivity index (χ4n) is 5.15. The maximum absolute atomic E-state index is 12.0. The first-order valence-corrected chi connectivity index (χ1v) is 12.8. The molecule has 1 aliphatic heterocycles. The van der Waals surface area contributed by atoms with E-state index < -0.39 is 12.0 Å². The molecule has 1 N–H and O–H groups in total. The lowest BCUT2D eigenvalue weighted by atomic mass is 10.0. The Morgan fingerprint density at radius 2 is 1.37 bits per heavy atom. The van der Waals surface area contributed by atoms with E-state index in [0.29, 0.717) is 0 Å². The highest BCUT2D eigenvalue weighted by molar-refractivity contribution is 7.25. The van der Waals surface area contributed by atoms with Crippen molar-refractivity contribution in [2.75, 3.05) is 31.1 Å². The number of benzene rings is 4. The molecule has 0 spiro atoms. The molecule has 6 rings (SSSR count). The van der Waals surface area contributed by atoms with Gasteiger partial charge in [0.1, 0.15) is 6.04 Å². The van der Waals surface area contributed by atoms with Crippen molar-refractivity contribution in [2.45, 2.75) is 6.04 Å². The Morgan fingerprint density at radius 1 is 0.714 bits per heavy atom. The number of anilines is 1. The molecule has 0 saturated carbocycles. The summed E-state index contributed by atoms with van der Waals surface area (Å²) >= 11 is 1.84. The van der Waals surface area contributed by atoms with Gasteiger partial charge in [-0.25, -0.2) is 0 Å².